The zero-order valence-corrected chi connectivity index (χ0v) is 14.1. The first-order chi connectivity index (χ1) is 10.5. The quantitative estimate of drug-likeness (QED) is 0.784. The van der Waals surface area contributed by atoms with Gasteiger partial charge in [-0.15, -0.1) is 0 Å². The molecule has 126 valence electrons. The SMILES string of the molecule is CC(C)(C)OC(=O)Nc1ccc(Cl)c(C2(C(=O)O)CC(N)C2)c1. The van der Waals surface area contributed by atoms with Gasteiger partial charge in [0.15, 0.2) is 0 Å². The first-order valence-electron chi connectivity index (χ1n) is 7.32. The molecule has 2 rings (SSSR count). The fourth-order valence-electron chi connectivity index (χ4n) is 2.74. The van der Waals surface area contributed by atoms with E-state index in [4.69, 9.17) is 22.1 Å². The van der Waals surface area contributed by atoms with Crippen LogP contribution in [0.3, 0.4) is 0 Å². The Morgan fingerprint density at radius 2 is 2.00 bits per heavy atom. The average Bonchev–Trinajstić information content (AvgIpc) is 2.34. The predicted octanol–water partition coefficient (Wildman–Crippen LogP) is 3.13. The summed E-state index contributed by atoms with van der Waals surface area (Å²) in [5, 5.41) is 12.5. The van der Waals surface area contributed by atoms with E-state index in [9.17, 15) is 14.7 Å². The Morgan fingerprint density at radius 3 is 2.48 bits per heavy atom. The highest BCUT2D eigenvalue weighted by atomic mass is 35.5. The van der Waals surface area contributed by atoms with Crippen LogP contribution in [0.25, 0.3) is 0 Å². The van der Waals surface area contributed by atoms with Gasteiger partial charge >= 0.3 is 12.1 Å². The molecule has 1 amide bonds. The van der Waals surface area contributed by atoms with Gasteiger partial charge < -0.3 is 15.6 Å². The summed E-state index contributed by atoms with van der Waals surface area (Å²) in [5.74, 6) is -0.962. The number of hydrogen-bond donors (Lipinski definition) is 3. The molecule has 0 aromatic heterocycles. The largest absolute Gasteiger partial charge is 0.481 e. The van der Waals surface area contributed by atoms with Crippen LogP contribution in [0, 0.1) is 0 Å². The van der Waals surface area contributed by atoms with Crippen LogP contribution in [-0.4, -0.2) is 28.8 Å². The maximum absolute atomic E-state index is 11.8. The molecule has 0 bridgehead atoms. The number of ether oxygens (including phenoxy) is 1. The van der Waals surface area contributed by atoms with E-state index in [0.717, 1.165) is 0 Å². The number of nitrogens with two attached hydrogens (primary N) is 1. The minimum Gasteiger partial charge on any atom is -0.481 e. The van der Waals surface area contributed by atoms with Gasteiger partial charge in [0.25, 0.3) is 0 Å². The third kappa shape index (κ3) is 3.76. The number of carboxylic acids is 1. The lowest BCUT2D eigenvalue weighted by Crippen LogP contribution is -2.54. The van der Waals surface area contributed by atoms with Crippen molar-refractivity contribution in [3.05, 3.63) is 28.8 Å². The van der Waals surface area contributed by atoms with E-state index in [1.165, 1.54) is 0 Å². The lowest BCUT2D eigenvalue weighted by Gasteiger charge is -2.43. The second kappa shape index (κ2) is 6.02. The van der Waals surface area contributed by atoms with Crippen LogP contribution in [-0.2, 0) is 14.9 Å². The number of hydrogen-bond acceptors (Lipinski definition) is 4. The van der Waals surface area contributed by atoms with Crippen LogP contribution in [0.5, 0.6) is 0 Å². The summed E-state index contributed by atoms with van der Waals surface area (Å²) >= 11 is 6.18. The third-order valence-corrected chi connectivity index (χ3v) is 4.09. The van der Waals surface area contributed by atoms with E-state index in [0.29, 0.717) is 29.1 Å². The Morgan fingerprint density at radius 1 is 1.39 bits per heavy atom. The molecule has 0 spiro atoms. The number of halogens is 1. The Hall–Kier alpha value is -1.79. The summed E-state index contributed by atoms with van der Waals surface area (Å²) in [7, 11) is 0. The van der Waals surface area contributed by atoms with Crippen LogP contribution in [0.1, 0.15) is 39.2 Å². The smallest absolute Gasteiger partial charge is 0.412 e. The maximum atomic E-state index is 11.8. The molecule has 6 nitrogen and oxygen atoms in total. The Labute approximate surface area is 139 Å². The minimum absolute atomic E-state index is 0.162. The molecule has 1 aromatic rings. The molecule has 0 aliphatic heterocycles. The molecule has 1 fully saturated rings. The molecule has 0 saturated heterocycles. The fraction of sp³-hybridized carbons (Fsp3) is 0.500. The summed E-state index contributed by atoms with van der Waals surface area (Å²) < 4.78 is 5.18. The van der Waals surface area contributed by atoms with E-state index in [1.54, 1.807) is 39.0 Å². The zero-order valence-electron chi connectivity index (χ0n) is 13.4. The summed E-state index contributed by atoms with van der Waals surface area (Å²) in [6, 6.07) is 4.58. The normalized spacial score (nSPS) is 23.8. The molecule has 1 aliphatic rings. The monoisotopic (exact) mass is 340 g/mol. The van der Waals surface area contributed by atoms with Gasteiger partial charge in [-0.05, 0) is 57.4 Å². The highest BCUT2D eigenvalue weighted by Crippen LogP contribution is 2.46. The molecule has 23 heavy (non-hydrogen) atoms. The average molecular weight is 341 g/mol. The number of nitrogens with one attached hydrogen (secondary N) is 1. The topological polar surface area (TPSA) is 102 Å². The molecule has 1 saturated carbocycles. The zero-order chi connectivity index (χ0) is 17.4. The molecule has 0 heterocycles. The van der Waals surface area contributed by atoms with E-state index in [-0.39, 0.29) is 6.04 Å². The van der Waals surface area contributed by atoms with Gasteiger partial charge in [-0.1, -0.05) is 11.6 Å². The molecule has 0 unspecified atom stereocenters. The van der Waals surface area contributed by atoms with Gasteiger partial charge in [0.2, 0.25) is 0 Å². The highest BCUT2D eigenvalue weighted by molar-refractivity contribution is 6.32. The van der Waals surface area contributed by atoms with Crippen molar-refractivity contribution in [3.63, 3.8) is 0 Å². The molecule has 7 heteroatoms. The number of amides is 1. The standard InChI is InChI=1S/C16H21ClN2O4/c1-15(2,3)23-14(22)19-10-4-5-12(17)11(6-10)16(13(20)21)7-9(18)8-16/h4-6,9H,7-8,18H2,1-3H3,(H,19,22)(H,20,21). The van der Waals surface area contributed by atoms with Gasteiger partial charge in [-0.2, -0.15) is 0 Å². The van der Waals surface area contributed by atoms with Gasteiger partial charge in [0, 0.05) is 16.8 Å². The van der Waals surface area contributed by atoms with Crippen molar-refractivity contribution in [3.8, 4) is 0 Å². The lowest BCUT2D eigenvalue weighted by atomic mass is 9.62. The number of carbonyl (C=O) groups excluding carboxylic acids is 1. The molecule has 0 radical (unpaired) electrons. The minimum atomic E-state index is -1.10. The van der Waals surface area contributed by atoms with Gasteiger partial charge in [-0.25, -0.2) is 4.79 Å². The van der Waals surface area contributed by atoms with Crippen molar-refractivity contribution in [2.75, 3.05) is 5.32 Å². The molecule has 1 aliphatic carbocycles. The van der Waals surface area contributed by atoms with E-state index in [1.807, 2.05) is 0 Å². The molecule has 4 N–H and O–H groups in total. The highest BCUT2D eigenvalue weighted by Gasteiger charge is 2.51. The van der Waals surface area contributed by atoms with Crippen LogP contribution in [0.2, 0.25) is 5.02 Å². The summed E-state index contributed by atoms with van der Waals surface area (Å²) in [4.78, 5) is 23.5. The first kappa shape index (κ1) is 17.6. The number of rotatable bonds is 3. The maximum Gasteiger partial charge on any atom is 0.412 e. The number of benzene rings is 1. The molecular weight excluding hydrogens is 320 g/mol. The number of aliphatic carboxylic acids is 1. The third-order valence-electron chi connectivity index (χ3n) is 3.76. The van der Waals surface area contributed by atoms with Crippen LogP contribution in [0.15, 0.2) is 18.2 Å². The number of carboxylic acid groups (broad SMARTS) is 1. The van der Waals surface area contributed by atoms with Crippen LogP contribution >= 0.6 is 11.6 Å². The Kier molecular flexibility index (Phi) is 4.59. The number of carbonyl (C=O) groups is 2. The number of anilines is 1. The summed E-state index contributed by atoms with van der Waals surface area (Å²) in [5.41, 5.74) is 4.94. The molecular formula is C16H21ClN2O4. The molecule has 0 atom stereocenters. The van der Waals surface area contributed by atoms with E-state index >= 15 is 0 Å². The van der Waals surface area contributed by atoms with E-state index in [2.05, 4.69) is 5.32 Å². The second-order valence-electron chi connectivity index (χ2n) is 6.88. The lowest BCUT2D eigenvalue weighted by molar-refractivity contribution is -0.148. The van der Waals surface area contributed by atoms with Crippen LogP contribution in [0.4, 0.5) is 10.5 Å². The second-order valence-corrected chi connectivity index (χ2v) is 7.28. The van der Waals surface area contributed by atoms with Crippen molar-refractivity contribution in [1.82, 2.24) is 0 Å². The predicted molar refractivity (Wildman–Crippen MR) is 87.8 cm³/mol. The fourth-order valence-corrected chi connectivity index (χ4v) is 3.03. The molecule has 1 aromatic carbocycles. The van der Waals surface area contributed by atoms with Crippen molar-refractivity contribution in [1.29, 1.82) is 0 Å². The van der Waals surface area contributed by atoms with Gasteiger partial charge in [-0.3, -0.25) is 10.1 Å². The van der Waals surface area contributed by atoms with Crippen LogP contribution < -0.4 is 11.1 Å². The summed E-state index contributed by atoms with van der Waals surface area (Å²) in [6.07, 6.45) is 0.0241. The van der Waals surface area contributed by atoms with Crippen molar-refractivity contribution in [2.24, 2.45) is 5.73 Å². The van der Waals surface area contributed by atoms with Crippen molar-refractivity contribution in [2.45, 2.75) is 50.7 Å². The summed E-state index contributed by atoms with van der Waals surface area (Å²) in [6.45, 7) is 5.28. The van der Waals surface area contributed by atoms with E-state index < -0.39 is 23.1 Å². The Balaban J connectivity index is 2.26. The first-order valence-corrected chi connectivity index (χ1v) is 7.70. The van der Waals surface area contributed by atoms with Crippen molar-refractivity contribution >= 4 is 29.4 Å². The Bertz CT molecular complexity index is 633. The van der Waals surface area contributed by atoms with Gasteiger partial charge in [0.1, 0.15) is 5.60 Å². The van der Waals surface area contributed by atoms with Crippen molar-refractivity contribution < 1.29 is 19.4 Å². The van der Waals surface area contributed by atoms with Gasteiger partial charge in [0.05, 0.1) is 5.41 Å².